The highest BCUT2D eigenvalue weighted by Gasteiger charge is 1.97. The fraction of sp³-hybridized carbons (Fsp3) is 1.00. The number of ether oxygens (including phenoxy) is 1. The quantitative estimate of drug-likeness (QED) is 0.569. The molecule has 0 spiro atoms. The highest BCUT2D eigenvalue weighted by Crippen LogP contribution is 1.95. The molecule has 0 aromatic carbocycles. The normalized spacial score (nSPS) is 13.7. The van der Waals surface area contributed by atoms with E-state index in [1.807, 2.05) is 13.8 Å². The van der Waals surface area contributed by atoms with Crippen molar-refractivity contribution in [3.8, 4) is 0 Å². The topological polar surface area (TPSA) is 29.5 Å². The largest absolute Gasteiger partial charge is 0.393 e. The van der Waals surface area contributed by atoms with Gasteiger partial charge in [-0.25, -0.2) is 0 Å². The second kappa shape index (κ2) is 6.05. The Morgan fingerprint density at radius 3 is 2.56 bits per heavy atom. The molecule has 2 nitrogen and oxygen atoms in total. The first kappa shape index (κ1) is 8.92. The van der Waals surface area contributed by atoms with Crippen molar-refractivity contribution in [1.82, 2.24) is 0 Å². The summed E-state index contributed by atoms with van der Waals surface area (Å²) in [5.74, 6) is 0. The molecule has 0 aliphatic rings. The molecule has 0 saturated heterocycles. The highest BCUT2D eigenvalue weighted by molar-refractivity contribution is 4.49. The molecule has 0 aliphatic carbocycles. The van der Waals surface area contributed by atoms with E-state index >= 15 is 0 Å². The summed E-state index contributed by atoms with van der Waals surface area (Å²) in [5.41, 5.74) is 0. The fourth-order valence-electron chi connectivity index (χ4n) is 0.568. The van der Waals surface area contributed by atoms with Crippen molar-refractivity contribution < 1.29 is 9.84 Å². The van der Waals surface area contributed by atoms with Gasteiger partial charge >= 0.3 is 0 Å². The van der Waals surface area contributed by atoms with Crippen molar-refractivity contribution in [2.45, 2.75) is 32.8 Å². The van der Waals surface area contributed by atoms with Gasteiger partial charge in [-0.3, -0.25) is 0 Å². The zero-order valence-corrected chi connectivity index (χ0v) is 6.26. The van der Waals surface area contributed by atoms with Crippen molar-refractivity contribution in [1.29, 1.82) is 0 Å². The van der Waals surface area contributed by atoms with Crippen LogP contribution in [0, 0.1) is 0 Å². The van der Waals surface area contributed by atoms with Crippen LogP contribution in [0.15, 0.2) is 0 Å². The van der Waals surface area contributed by atoms with Crippen LogP contribution in [0.4, 0.5) is 0 Å². The molecule has 0 aliphatic heterocycles. The summed E-state index contributed by atoms with van der Waals surface area (Å²) in [5, 5.41) is 9.00. The van der Waals surface area contributed by atoms with Crippen LogP contribution in [-0.4, -0.2) is 24.4 Å². The van der Waals surface area contributed by atoms with Gasteiger partial charge in [0.25, 0.3) is 0 Å². The lowest BCUT2D eigenvalue weighted by Gasteiger charge is -2.05. The Kier molecular flexibility index (Phi) is 5.99. The Bertz CT molecular complexity index is 54.9. The van der Waals surface area contributed by atoms with Crippen LogP contribution in [0.3, 0.4) is 0 Å². The number of aliphatic hydroxyl groups excluding tert-OH is 1. The van der Waals surface area contributed by atoms with Gasteiger partial charge in [0, 0.05) is 13.2 Å². The van der Waals surface area contributed by atoms with Gasteiger partial charge in [0.2, 0.25) is 0 Å². The first-order chi connectivity index (χ1) is 4.31. The molecule has 0 unspecified atom stereocenters. The summed E-state index contributed by atoms with van der Waals surface area (Å²) in [6, 6.07) is 0. The van der Waals surface area contributed by atoms with Crippen LogP contribution in [0.25, 0.3) is 0 Å². The van der Waals surface area contributed by atoms with E-state index in [1.54, 1.807) is 0 Å². The molecule has 0 heterocycles. The van der Waals surface area contributed by atoms with E-state index in [4.69, 9.17) is 9.84 Å². The third kappa shape index (κ3) is 5.80. The molecular formula is C7H16O2. The molecule has 1 atom stereocenters. The average molecular weight is 132 g/mol. The molecule has 0 radical (unpaired) electrons. The zero-order valence-electron chi connectivity index (χ0n) is 6.26. The van der Waals surface area contributed by atoms with Crippen LogP contribution < -0.4 is 0 Å². The van der Waals surface area contributed by atoms with Gasteiger partial charge < -0.3 is 9.84 Å². The number of hydrogen-bond donors (Lipinski definition) is 1. The lowest BCUT2D eigenvalue weighted by atomic mass is 10.2. The molecular weight excluding hydrogens is 116 g/mol. The molecule has 0 aromatic rings. The smallest absolute Gasteiger partial charge is 0.0559 e. The lowest BCUT2D eigenvalue weighted by Crippen LogP contribution is -2.08. The molecule has 0 fully saturated rings. The molecule has 2 heteroatoms. The van der Waals surface area contributed by atoms with Crippen molar-refractivity contribution in [2.24, 2.45) is 0 Å². The molecule has 9 heavy (non-hydrogen) atoms. The number of rotatable bonds is 5. The molecule has 0 aromatic heterocycles. The predicted molar refractivity (Wildman–Crippen MR) is 37.4 cm³/mol. The van der Waals surface area contributed by atoms with Gasteiger partial charge in [-0.1, -0.05) is 6.92 Å². The van der Waals surface area contributed by atoms with E-state index in [2.05, 4.69) is 0 Å². The van der Waals surface area contributed by atoms with Gasteiger partial charge in [0.15, 0.2) is 0 Å². The minimum Gasteiger partial charge on any atom is -0.393 e. The standard InChI is InChI=1S/C7H16O2/c1-3-7(8)5-6-9-4-2/h7-8H,3-6H2,1-2H3/t7-/m1/s1. The molecule has 56 valence electrons. The lowest BCUT2D eigenvalue weighted by molar-refractivity contribution is 0.0868. The molecule has 0 rings (SSSR count). The molecule has 0 amide bonds. The van der Waals surface area contributed by atoms with Gasteiger partial charge in [-0.2, -0.15) is 0 Å². The summed E-state index contributed by atoms with van der Waals surface area (Å²) < 4.78 is 5.05. The predicted octanol–water partition coefficient (Wildman–Crippen LogP) is 1.18. The minimum absolute atomic E-state index is 0.170. The van der Waals surface area contributed by atoms with Gasteiger partial charge in [0.05, 0.1) is 6.10 Å². The fourth-order valence-corrected chi connectivity index (χ4v) is 0.568. The van der Waals surface area contributed by atoms with E-state index in [9.17, 15) is 0 Å². The van der Waals surface area contributed by atoms with E-state index < -0.39 is 0 Å². The molecule has 0 bridgehead atoms. The SMILES string of the molecule is CCOCC[C@H](O)CC. The minimum atomic E-state index is -0.170. The monoisotopic (exact) mass is 132 g/mol. The Labute approximate surface area is 56.8 Å². The van der Waals surface area contributed by atoms with E-state index in [0.717, 1.165) is 19.4 Å². The van der Waals surface area contributed by atoms with Crippen molar-refractivity contribution in [3.63, 3.8) is 0 Å². The first-order valence-electron chi connectivity index (χ1n) is 3.57. The third-order valence-corrected chi connectivity index (χ3v) is 1.27. The van der Waals surface area contributed by atoms with E-state index in [1.165, 1.54) is 0 Å². The third-order valence-electron chi connectivity index (χ3n) is 1.27. The van der Waals surface area contributed by atoms with Gasteiger partial charge in [-0.05, 0) is 19.8 Å². The van der Waals surface area contributed by atoms with Crippen molar-refractivity contribution in [2.75, 3.05) is 13.2 Å². The summed E-state index contributed by atoms with van der Waals surface area (Å²) in [6.45, 7) is 5.36. The summed E-state index contributed by atoms with van der Waals surface area (Å²) >= 11 is 0. The Balaban J connectivity index is 2.88. The Morgan fingerprint density at radius 2 is 2.11 bits per heavy atom. The Morgan fingerprint density at radius 1 is 1.44 bits per heavy atom. The summed E-state index contributed by atoms with van der Waals surface area (Å²) in [6.07, 6.45) is 1.42. The maximum Gasteiger partial charge on any atom is 0.0559 e. The zero-order chi connectivity index (χ0) is 7.11. The number of aliphatic hydroxyl groups is 1. The van der Waals surface area contributed by atoms with Crippen LogP contribution in [0.5, 0.6) is 0 Å². The van der Waals surface area contributed by atoms with Crippen molar-refractivity contribution >= 4 is 0 Å². The molecule has 1 N–H and O–H groups in total. The average Bonchev–Trinajstić information content (AvgIpc) is 1.89. The van der Waals surface area contributed by atoms with Crippen LogP contribution in [-0.2, 0) is 4.74 Å². The molecule has 0 saturated carbocycles. The Hall–Kier alpha value is -0.0800. The summed E-state index contributed by atoms with van der Waals surface area (Å²) in [7, 11) is 0. The van der Waals surface area contributed by atoms with Crippen LogP contribution in [0.2, 0.25) is 0 Å². The maximum atomic E-state index is 9.00. The second-order valence-electron chi connectivity index (χ2n) is 2.05. The number of hydrogen-bond acceptors (Lipinski definition) is 2. The van der Waals surface area contributed by atoms with E-state index in [0.29, 0.717) is 6.61 Å². The highest BCUT2D eigenvalue weighted by atomic mass is 16.5. The summed E-state index contributed by atoms with van der Waals surface area (Å²) in [4.78, 5) is 0. The first-order valence-corrected chi connectivity index (χ1v) is 3.57. The van der Waals surface area contributed by atoms with Gasteiger partial charge in [0.1, 0.15) is 0 Å². The second-order valence-corrected chi connectivity index (χ2v) is 2.05. The van der Waals surface area contributed by atoms with Crippen molar-refractivity contribution in [3.05, 3.63) is 0 Å². The maximum absolute atomic E-state index is 9.00. The van der Waals surface area contributed by atoms with Crippen LogP contribution in [0.1, 0.15) is 26.7 Å². The van der Waals surface area contributed by atoms with Crippen LogP contribution >= 0.6 is 0 Å². The van der Waals surface area contributed by atoms with E-state index in [-0.39, 0.29) is 6.10 Å². The van der Waals surface area contributed by atoms with Gasteiger partial charge in [-0.15, -0.1) is 0 Å².